The number of halogens is 1. The van der Waals surface area contributed by atoms with E-state index >= 15 is 0 Å². The fourth-order valence-electron chi connectivity index (χ4n) is 1.84. The molecule has 1 rings (SSSR count). The van der Waals surface area contributed by atoms with E-state index in [1.54, 1.807) is 10.9 Å². The van der Waals surface area contributed by atoms with E-state index in [9.17, 15) is 4.79 Å². The minimum Gasteiger partial charge on any atom is -0.367 e. The van der Waals surface area contributed by atoms with Gasteiger partial charge in [-0.1, -0.05) is 6.92 Å². The number of rotatable bonds is 6. The van der Waals surface area contributed by atoms with Crippen molar-refractivity contribution in [2.24, 2.45) is 0 Å². The lowest BCUT2D eigenvalue weighted by Gasteiger charge is -2.27. The van der Waals surface area contributed by atoms with Crippen molar-refractivity contribution < 1.29 is 9.53 Å². The Labute approximate surface area is 117 Å². The highest BCUT2D eigenvalue weighted by atomic mass is 79.9. The maximum atomic E-state index is 12.7. The first-order chi connectivity index (χ1) is 8.37. The minimum absolute atomic E-state index is 0.0232. The van der Waals surface area contributed by atoms with Crippen molar-refractivity contribution in [2.45, 2.75) is 52.7 Å². The SMILES string of the molecule is CCOC(C)(CC)C(=O)c1c(Br)cnn1C(C)C. The van der Waals surface area contributed by atoms with Crippen LogP contribution >= 0.6 is 15.9 Å². The van der Waals surface area contributed by atoms with Gasteiger partial charge in [-0.05, 0) is 50.0 Å². The lowest BCUT2D eigenvalue weighted by atomic mass is 9.95. The highest BCUT2D eigenvalue weighted by Gasteiger charge is 2.36. The Hall–Kier alpha value is -0.680. The van der Waals surface area contributed by atoms with Crippen LogP contribution in [0, 0.1) is 0 Å². The summed E-state index contributed by atoms with van der Waals surface area (Å²) in [6.07, 6.45) is 2.30. The molecule has 102 valence electrons. The standard InChI is InChI=1S/C13H21BrN2O2/c1-6-13(5,18-7-2)12(17)11-10(14)8-15-16(11)9(3)4/h8-9H,6-7H2,1-5H3. The second kappa shape index (κ2) is 5.97. The Bertz CT molecular complexity index is 429. The van der Waals surface area contributed by atoms with E-state index in [0.717, 1.165) is 4.47 Å². The van der Waals surface area contributed by atoms with Crippen molar-refractivity contribution in [3.63, 3.8) is 0 Å². The normalized spacial score (nSPS) is 14.8. The Morgan fingerprint density at radius 3 is 2.61 bits per heavy atom. The third-order valence-corrected chi connectivity index (χ3v) is 3.65. The number of carbonyl (C=O) groups excluding carboxylic acids is 1. The van der Waals surface area contributed by atoms with E-state index in [2.05, 4.69) is 21.0 Å². The molecule has 0 aromatic carbocycles. The number of carbonyl (C=O) groups is 1. The number of hydrogen-bond acceptors (Lipinski definition) is 3. The van der Waals surface area contributed by atoms with Gasteiger partial charge in [-0.2, -0.15) is 5.10 Å². The third-order valence-electron chi connectivity index (χ3n) is 3.07. The fourth-order valence-corrected chi connectivity index (χ4v) is 2.30. The topological polar surface area (TPSA) is 44.1 Å². The van der Waals surface area contributed by atoms with Crippen LogP contribution in [-0.4, -0.2) is 27.8 Å². The summed E-state index contributed by atoms with van der Waals surface area (Å²) < 4.78 is 8.10. The summed E-state index contributed by atoms with van der Waals surface area (Å²) in [6.45, 7) is 10.2. The predicted octanol–water partition coefficient (Wildman–Crippen LogP) is 3.61. The van der Waals surface area contributed by atoms with Crippen LogP contribution in [0.25, 0.3) is 0 Å². The second-order valence-electron chi connectivity index (χ2n) is 4.73. The Morgan fingerprint density at radius 2 is 2.17 bits per heavy atom. The molecule has 1 aromatic heterocycles. The Kier molecular flexibility index (Phi) is 5.10. The highest BCUT2D eigenvalue weighted by Crippen LogP contribution is 2.27. The molecule has 1 unspecified atom stereocenters. The minimum atomic E-state index is -0.788. The summed E-state index contributed by atoms with van der Waals surface area (Å²) in [5.41, 5.74) is -0.202. The van der Waals surface area contributed by atoms with Crippen LogP contribution in [-0.2, 0) is 4.74 Å². The van der Waals surface area contributed by atoms with Gasteiger partial charge >= 0.3 is 0 Å². The van der Waals surface area contributed by atoms with Gasteiger partial charge in [0, 0.05) is 12.6 Å². The van der Waals surface area contributed by atoms with E-state index in [1.807, 2.05) is 34.6 Å². The molecule has 0 spiro atoms. The number of ketones is 1. The van der Waals surface area contributed by atoms with Crippen LogP contribution in [0.1, 0.15) is 57.6 Å². The largest absolute Gasteiger partial charge is 0.367 e. The first-order valence-corrected chi connectivity index (χ1v) is 7.08. The highest BCUT2D eigenvalue weighted by molar-refractivity contribution is 9.10. The van der Waals surface area contributed by atoms with Gasteiger partial charge in [0.2, 0.25) is 5.78 Å². The van der Waals surface area contributed by atoms with Crippen molar-refractivity contribution in [2.75, 3.05) is 6.61 Å². The quantitative estimate of drug-likeness (QED) is 0.753. The molecule has 0 N–H and O–H groups in total. The smallest absolute Gasteiger partial charge is 0.213 e. The molecule has 0 amide bonds. The number of ether oxygens (including phenoxy) is 1. The molecule has 1 atom stereocenters. The van der Waals surface area contributed by atoms with Crippen LogP contribution < -0.4 is 0 Å². The average molecular weight is 317 g/mol. The molecular formula is C13H21BrN2O2. The van der Waals surface area contributed by atoms with E-state index in [0.29, 0.717) is 18.7 Å². The van der Waals surface area contributed by atoms with Gasteiger partial charge < -0.3 is 4.74 Å². The molecule has 0 aliphatic heterocycles. The van der Waals surface area contributed by atoms with Crippen LogP contribution in [0.4, 0.5) is 0 Å². The number of Topliss-reactive ketones (excluding diaryl/α,β-unsaturated/α-hetero) is 1. The summed E-state index contributed by atoms with van der Waals surface area (Å²) in [6, 6.07) is 0.137. The molecule has 4 nitrogen and oxygen atoms in total. The molecule has 0 bridgehead atoms. The van der Waals surface area contributed by atoms with Crippen LogP contribution in [0.5, 0.6) is 0 Å². The number of hydrogen-bond donors (Lipinski definition) is 0. The molecule has 0 saturated heterocycles. The number of aromatic nitrogens is 2. The second-order valence-corrected chi connectivity index (χ2v) is 5.58. The van der Waals surface area contributed by atoms with E-state index in [4.69, 9.17) is 4.74 Å². The predicted molar refractivity (Wildman–Crippen MR) is 75.0 cm³/mol. The molecular weight excluding hydrogens is 296 g/mol. The summed E-state index contributed by atoms with van der Waals surface area (Å²) in [7, 11) is 0. The van der Waals surface area contributed by atoms with Gasteiger partial charge in [0.1, 0.15) is 11.3 Å². The molecule has 1 heterocycles. The first-order valence-electron chi connectivity index (χ1n) is 6.29. The molecule has 0 fully saturated rings. The van der Waals surface area contributed by atoms with Crippen molar-refractivity contribution in [3.05, 3.63) is 16.4 Å². The molecule has 1 aromatic rings. The first kappa shape index (κ1) is 15.4. The summed E-state index contributed by atoms with van der Waals surface area (Å²) >= 11 is 3.40. The maximum absolute atomic E-state index is 12.7. The van der Waals surface area contributed by atoms with Crippen molar-refractivity contribution >= 4 is 21.7 Å². The fraction of sp³-hybridized carbons (Fsp3) is 0.692. The molecule has 0 aliphatic rings. The summed E-state index contributed by atoms with van der Waals surface area (Å²) in [4.78, 5) is 12.7. The molecule has 0 aliphatic carbocycles. The molecule has 18 heavy (non-hydrogen) atoms. The Morgan fingerprint density at radius 1 is 1.56 bits per heavy atom. The maximum Gasteiger partial charge on any atom is 0.213 e. The van der Waals surface area contributed by atoms with Crippen molar-refractivity contribution in [1.82, 2.24) is 9.78 Å². The van der Waals surface area contributed by atoms with Crippen LogP contribution in [0.15, 0.2) is 10.7 Å². The lowest BCUT2D eigenvalue weighted by Crippen LogP contribution is -2.39. The van der Waals surface area contributed by atoms with Crippen molar-refractivity contribution in [3.8, 4) is 0 Å². The van der Waals surface area contributed by atoms with Gasteiger partial charge in [-0.3, -0.25) is 9.48 Å². The zero-order valence-corrected chi connectivity index (χ0v) is 13.2. The van der Waals surface area contributed by atoms with E-state index < -0.39 is 5.60 Å². The molecule has 0 radical (unpaired) electrons. The zero-order chi connectivity index (χ0) is 13.9. The van der Waals surface area contributed by atoms with E-state index in [-0.39, 0.29) is 11.8 Å². The van der Waals surface area contributed by atoms with Crippen LogP contribution in [0.3, 0.4) is 0 Å². The monoisotopic (exact) mass is 316 g/mol. The third kappa shape index (κ3) is 2.83. The summed E-state index contributed by atoms with van der Waals surface area (Å²) in [5.74, 6) is -0.0232. The van der Waals surface area contributed by atoms with Crippen LogP contribution in [0.2, 0.25) is 0 Å². The van der Waals surface area contributed by atoms with Gasteiger partial charge in [-0.15, -0.1) is 0 Å². The average Bonchev–Trinajstić information content (AvgIpc) is 2.70. The van der Waals surface area contributed by atoms with E-state index in [1.165, 1.54) is 0 Å². The van der Waals surface area contributed by atoms with Gasteiger partial charge in [-0.25, -0.2) is 0 Å². The zero-order valence-electron chi connectivity index (χ0n) is 11.7. The Balaban J connectivity index is 3.21. The lowest BCUT2D eigenvalue weighted by molar-refractivity contribution is -0.0124. The number of nitrogens with zero attached hydrogens (tertiary/aromatic N) is 2. The molecule has 0 saturated carbocycles. The van der Waals surface area contributed by atoms with Gasteiger partial charge in [0.05, 0.1) is 10.7 Å². The van der Waals surface area contributed by atoms with Gasteiger partial charge in [0.25, 0.3) is 0 Å². The van der Waals surface area contributed by atoms with Crippen molar-refractivity contribution in [1.29, 1.82) is 0 Å². The molecule has 5 heteroatoms. The van der Waals surface area contributed by atoms with Gasteiger partial charge in [0.15, 0.2) is 0 Å². The summed E-state index contributed by atoms with van der Waals surface area (Å²) in [5, 5.41) is 4.24.